The third-order valence-electron chi connectivity index (χ3n) is 16.6. The maximum Gasteiger partial charge on any atom is 0.0987 e. The van der Waals surface area contributed by atoms with E-state index in [1.54, 1.807) is 5.57 Å². The zero-order chi connectivity index (χ0) is 42.5. The number of unbranched alkanes of at least 4 members (excludes halogenated alkanes) is 13. The number of ether oxygens (including phenoxy) is 3. The standard InChI is InChI=1S/C55H96N2O3/c1-7-8-9-10-11-12-13-14-15-16-17-18-19-20-21-22-38-58-43-49(42-57-37-36-56-44-57)60-40-24-23-39-59-48-32-34-54(5)47(41-48)28-29-50-52-31-30-51(46(4)27-25-26-45(2)3)55(52,6)35-33-53(50)54/h14-15,28,36-37,44-46,48-53H,7-13,16-27,29-35,38-43H2,1-6H3. The fourth-order valence-electron chi connectivity index (χ4n) is 12.9. The van der Waals surface area contributed by atoms with E-state index in [0.717, 1.165) is 87.6 Å². The molecule has 0 aromatic carbocycles. The minimum atomic E-state index is 0.0539. The molecule has 5 nitrogen and oxygen atoms in total. The second-order valence-electron chi connectivity index (χ2n) is 21.5. The van der Waals surface area contributed by atoms with Crippen LogP contribution in [0.2, 0.25) is 0 Å². The molecule has 0 amide bonds. The molecule has 9 unspecified atom stereocenters. The molecule has 3 fully saturated rings. The van der Waals surface area contributed by atoms with Crippen molar-refractivity contribution in [1.29, 1.82) is 0 Å². The van der Waals surface area contributed by atoms with Crippen LogP contribution in [0, 0.1) is 46.3 Å². The van der Waals surface area contributed by atoms with Crippen molar-refractivity contribution in [3.8, 4) is 0 Å². The third kappa shape index (κ3) is 15.4. The van der Waals surface area contributed by atoms with Crippen molar-refractivity contribution < 1.29 is 14.2 Å². The van der Waals surface area contributed by atoms with E-state index in [4.69, 9.17) is 14.2 Å². The van der Waals surface area contributed by atoms with Gasteiger partial charge in [0.15, 0.2) is 0 Å². The summed E-state index contributed by atoms with van der Waals surface area (Å²) in [5.41, 5.74) is 2.72. The van der Waals surface area contributed by atoms with Crippen LogP contribution in [0.15, 0.2) is 42.5 Å². The average molecular weight is 833 g/mol. The van der Waals surface area contributed by atoms with Gasteiger partial charge in [-0.1, -0.05) is 142 Å². The summed E-state index contributed by atoms with van der Waals surface area (Å²) in [6.45, 7) is 18.9. The van der Waals surface area contributed by atoms with Crippen LogP contribution >= 0.6 is 0 Å². The van der Waals surface area contributed by atoms with Gasteiger partial charge in [0.2, 0.25) is 0 Å². The first-order valence-corrected chi connectivity index (χ1v) is 26.4. The van der Waals surface area contributed by atoms with Crippen LogP contribution in [0.5, 0.6) is 0 Å². The Morgan fingerprint density at radius 2 is 1.48 bits per heavy atom. The second-order valence-corrected chi connectivity index (χ2v) is 21.5. The molecule has 5 heteroatoms. The van der Waals surface area contributed by atoms with E-state index in [2.05, 4.69) is 69.3 Å². The van der Waals surface area contributed by atoms with Crippen molar-refractivity contribution >= 4 is 0 Å². The lowest BCUT2D eigenvalue weighted by atomic mass is 9.47. The van der Waals surface area contributed by atoms with E-state index in [1.165, 1.54) is 148 Å². The molecule has 4 aliphatic carbocycles. The van der Waals surface area contributed by atoms with Gasteiger partial charge >= 0.3 is 0 Å². The zero-order valence-corrected chi connectivity index (χ0v) is 40.3. The van der Waals surface area contributed by atoms with E-state index in [-0.39, 0.29) is 6.10 Å². The Hall–Kier alpha value is -1.43. The van der Waals surface area contributed by atoms with Crippen molar-refractivity contribution in [2.24, 2.45) is 46.3 Å². The van der Waals surface area contributed by atoms with Gasteiger partial charge < -0.3 is 18.8 Å². The highest BCUT2D eigenvalue weighted by Gasteiger charge is 2.59. The molecule has 60 heavy (non-hydrogen) atoms. The molecule has 1 aromatic heterocycles. The highest BCUT2D eigenvalue weighted by Crippen LogP contribution is 2.67. The number of allylic oxidation sites excluding steroid dienone is 3. The van der Waals surface area contributed by atoms with E-state index >= 15 is 0 Å². The normalized spacial score (nSPS) is 28.8. The maximum absolute atomic E-state index is 6.61. The Kier molecular flexibility index (Phi) is 22.3. The predicted molar refractivity (Wildman–Crippen MR) is 254 cm³/mol. The van der Waals surface area contributed by atoms with Gasteiger partial charge in [-0.2, -0.15) is 0 Å². The van der Waals surface area contributed by atoms with Crippen LogP contribution in [0.1, 0.15) is 215 Å². The van der Waals surface area contributed by atoms with E-state index < -0.39 is 0 Å². The van der Waals surface area contributed by atoms with Gasteiger partial charge in [0.1, 0.15) is 0 Å². The summed E-state index contributed by atoms with van der Waals surface area (Å²) in [5.74, 6) is 5.40. The summed E-state index contributed by atoms with van der Waals surface area (Å²) < 4.78 is 21.3. The zero-order valence-electron chi connectivity index (χ0n) is 40.3. The van der Waals surface area contributed by atoms with Gasteiger partial charge in [0.05, 0.1) is 31.7 Å². The van der Waals surface area contributed by atoms with Gasteiger partial charge in [-0.15, -0.1) is 0 Å². The second kappa shape index (κ2) is 27.0. The molecule has 0 spiro atoms. The predicted octanol–water partition coefficient (Wildman–Crippen LogP) is 15.5. The van der Waals surface area contributed by atoms with E-state index in [0.29, 0.717) is 23.5 Å². The molecule has 344 valence electrons. The first kappa shape index (κ1) is 49.6. The summed E-state index contributed by atoms with van der Waals surface area (Å²) in [5, 5.41) is 0. The van der Waals surface area contributed by atoms with Crippen molar-refractivity contribution in [1.82, 2.24) is 9.55 Å². The van der Waals surface area contributed by atoms with Crippen LogP contribution < -0.4 is 0 Å². The molecule has 5 rings (SSSR count). The fourth-order valence-corrected chi connectivity index (χ4v) is 12.9. The molecule has 0 bridgehead atoms. The molecule has 0 radical (unpaired) electrons. The quantitative estimate of drug-likeness (QED) is 0.0536. The monoisotopic (exact) mass is 833 g/mol. The minimum Gasteiger partial charge on any atom is -0.379 e. The summed E-state index contributed by atoms with van der Waals surface area (Å²) in [6.07, 6.45) is 49.7. The number of hydrogen-bond acceptors (Lipinski definition) is 4. The summed E-state index contributed by atoms with van der Waals surface area (Å²) in [7, 11) is 0. The molecule has 9 atom stereocenters. The molecular weight excluding hydrogens is 737 g/mol. The van der Waals surface area contributed by atoms with Crippen molar-refractivity contribution in [3.63, 3.8) is 0 Å². The Morgan fingerprint density at radius 3 is 2.22 bits per heavy atom. The van der Waals surface area contributed by atoms with Gasteiger partial charge in [-0.05, 0) is 143 Å². The largest absolute Gasteiger partial charge is 0.379 e. The number of rotatable bonds is 32. The van der Waals surface area contributed by atoms with E-state index in [1.807, 2.05) is 18.7 Å². The van der Waals surface area contributed by atoms with Crippen LogP contribution in [0.4, 0.5) is 0 Å². The van der Waals surface area contributed by atoms with Crippen LogP contribution in [0.25, 0.3) is 0 Å². The maximum atomic E-state index is 6.61. The number of hydrogen-bond donors (Lipinski definition) is 0. The van der Waals surface area contributed by atoms with Crippen LogP contribution in [-0.4, -0.2) is 48.2 Å². The molecule has 1 heterocycles. The number of imidazole rings is 1. The SMILES string of the molecule is CCCCCCCCC=CCCCCCCCCOCC(Cn1ccnc1)OCCCCOC1CCC2(C)C(=CCC3C2CCC2(C)C(C(C)CCCC(C)C)CCC32)C1. The summed E-state index contributed by atoms with van der Waals surface area (Å²) in [4.78, 5) is 4.25. The number of nitrogens with zero attached hydrogens (tertiary/aromatic N) is 2. The first-order chi connectivity index (χ1) is 29.2. The van der Waals surface area contributed by atoms with Gasteiger partial charge in [-0.3, -0.25) is 0 Å². The molecule has 1 aromatic rings. The van der Waals surface area contributed by atoms with Gasteiger partial charge in [0.25, 0.3) is 0 Å². The van der Waals surface area contributed by atoms with Gasteiger partial charge in [0, 0.05) is 32.2 Å². The lowest BCUT2D eigenvalue weighted by Crippen LogP contribution is -2.51. The lowest BCUT2D eigenvalue weighted by molar-refractivity contribution is -0.0648. The molecule has 0 N–H and O–H groups in total. The molecule has 0 aliphatic heterocycles. The first-order valence-electron chi connectivity index (χ1n) is 26.4. The smallest absolute Gasteiger partial charge is 0.0987 e. The van der Waals surface area contributed by atoms with E-state index in [9.17, 15) is 0 Å². The highest BCUT2D eigenvalue weighted by molar-refractivity contribution is 5.25. The Bertz CT molecular complexity index is 1320. The topological polar surface area (TPSA) is 45.5 Å². The molecular formula is C55H96N2O3. The average Bonchev–Trinajstić information content (AvgIpc) is 3.88. The van der Waals surface area contributed by atoms with Gasteiger partial charge in [-0.25, -0.2) is 4.98 Å². The lowest BCUT2D eigenvalue weighted by Gasteiger charge is -2.58. The number of aromatic nitrogens is 2. The Morgan fingerprint density at radius 1 is 0.767 bits per heavy atom. The van der Waals surface area contributed by atoms with Crippen LogP contribution in [0.3, 0.4) is 0 Å². The molecule has 3 saturated carbocycles. The van der Waals surface area contributed by atoms with Crippen LogP contribution in [-0.2, 0) is 20.8 Å². The van der Waals surface area contributed by atoms with Crippen molar-refractivity contribution in [3.05, 3.63) is 42.5 Å². The Balaban J connectivity index is 0.916. The summed E-state index contributed by atoms with van der Waals surface area (Å²) in [6, 6.07) is 0. The number of fused-ring (bicyclic) bond motifs is 5. The Labute approximate surface area is 371 Å². The molecule has 0 saturated heterocycles. The highest BCUT2D eigenvalue weighted by atomic mass is 16.5. The fraction of sp³-hybridized carbons (Fsp3) is 0.873. The summed E-state index contributed by atoms with van der Waals surface area (Å²) >= 11 is 0. The van der Waals surface area contributed by atoms with Crippen molar-refractivity contribution in [2.45, 2.75) is 234 Å². The molecule has 4 aliphatic rings. The third-order valence-corrected chi connectivity index (χ3v) is 16.6. The minimum absolute atomic E-state index is 0.0539. The van der Waals surface area contributed by atoms with Crippen molar-refractivity contribution in [2.75, 3.05) is 26.4 Å².